The number of hydrogen-bond acceptors (Lipinski definition) is 5. The molecule has 0 aliphatic heterocycles. The van der Waals surface area contributed by atoms with Crippen LogP contribution in [0.4, 0.5) is 11.6 Å². The van der Waals surface area contributed by atoms with Crippen molar-refractivity contribution in [3.8, 4) is 0 Å². The number of benzene rings is 1. The Bertz CT molecular complexity index is 569. The molecule has 2 N–H and O–H groups in total. The predicted octanol–water partition coefficient (Wildman–Crippen LogP) is 1.15. The third-order valence-corrected chi connectivity index (χ3v) is 3.72. The molecule has 0 atom stereocenters. The fourth-order valence-corrected chi connectivity index (χ4v) is 2.30. The van der Waals surface area contributed by atoms with Gasteiger partial charge in [-0.15, -0.1) is 10.2 Å². The number of nitrogens with zero attached hydrogens (tertiary/aromatic N) is 4. The van der Waals surface area contributed by atoms with Crippen LogP contribution in [0.5, 0.6) is 0 Å². The second-order valence-electron chi connectivity index (χ2n) is 3.98. The van der Waals surface area contributed by atoms with E-state index in [0.29, 0.717) is 11.1 Å². The highest BCUT2D eigenvalue weighted by Crippen LogP contribution is 2.18. The Kier molecular flexibility index (Phi) is 4.06. The number of thioether (sulfide) groups is 1. The molecule has 1 heterocycles. The molecule has 2 rings (SSSR count). The lowest BCUT2D eigenvalue weighted by Crippen LogP contribution is -2.27. The quantitative estimate of drug-likeness (QED) is 0.848. The molecule has 0 spiro atoms. The zero-order valence-corrected chi connectivity index (χ0v) is 11.6. The summed E-state index contributed by atoms with van der Waals surface area (Å²) in [5, 5.41) is 8.27. The molecule has 1 amide bonds. The van der Waals surface area contributed by atoms with Crippen molar-refractivity contribution in [2.24, 2.45) is 7.05 Å². The Labute approximate surface area is 115 Å². The van der Waals surface area contributed by atoms with Crippen LogP contribution < -0.4 is 10.6 Å². The summed E-state index contributed by atoms with van der Waals surface area (Å²) in [6.45, 7) is 0. The van der Waals surface area contributed by atoms with E-state index in [-0.39, 0.29) is 11.7 Å². The van der Waals surface area contributed by atoms with Crippen LogP contribution in [0.2, 0.25) is 0 Å². The molecule has 1 aromatic carbocycles. The van der Waals surface area contributed by atoms with Crippen LogP contribution in [0.25, 0.3) is 0 Å². The number of para-hydroxylation sites is 1. The number of anilines is 2. The Morgan fingerprint density at radius 1 is 1.37 bits per heavy atom. The van der Waals surface area contributed by atoms with Crippen molar-refractivity contribution in [3.63, 3.8) is 0 Å². The topological polar surface area (TPSA) is 77.0 Å². The molecule has 0 unspecified atom stereocenters. The first-order valence-corrected chi connectivity index (χ1v) is 6.67. The highest BCUT2D eigenvalue weighted by molar-refractivity contribution is 7.99. The average Bonchev–Trinajstić information content (AvgIpc) is 2.76. The number of rotatable bonds is 4. The van der Waals surface area contributed by atoms with Crippen LogP contribution in [-0.4, -0.2) is 33.5 Å². The fourth-order valence-electron chi connectivity index (χ4n) is 1.47. The first-order valence-electron chi connectivity index (χ1n) is 5.69. The third kappa shape index (κ3) is 3.05. The SMILES string of the molecule is CN(C(=O)CSc1nnc(N)n1C)c1ccccc1. The molecule has 0 radical (unpaired) electrons. The molecular formula is C12H15N5OS. The molecule has 1 aromatic heterocycles. The first-order chi connectivity index (χ1) is 9.09. The molecule has 0 saturated carbocycles. The van der Waals surface area contributed by atoms with Gasteiger partial charge in [-0.3, -0.25) is 9.36 Å². The summed E-state index contributed by atoms with van der Waals surface area (Å²) >= 11 is 1.32. The summed E-state index contributed by atoms with van der Waals surface area (Å²) in [5.74, 6) is 0.626. The zero-order chi connectivity index (χ0) is 13.8. The van der Waals surface area contributed by atoms with E-state index < -0.39 is 0 Å². The van der Waals surface area contributed by atoms with Crippen molar-refractivity contribution in [2.75, 3.05) is 23.4 Å². The van der Waals surface area contributed by atoms with Gasteiger partial charge < -0.3 is 10.6 Å². The highest BCUT2D eigenvalue weighted by atomic mass is 32.2. The largest absolute Gasteiger partial charge is 0.368 e. The molecule has 0 fully saturated rings. The lowest BCUT2D eigenvalue weighted by molar-refractivity contribution is -0.115. The second-order valence-corrected chi connectivity index (χ2v) is 4.92. The number of carbonyl (C=O) groups excluding carboxylic acids is 1. The lowest BCUT2D eigenvalue weighted by atomic mass is 10.3. The van der Waals surface area contributed by atoms with Crippen molar-refractivity contribution in [1.82, 2.24) is 14.8 Å². The third-order valence-electron chi connectivity index (χ3n) is 2.71. The number of nitrogen functional groups attached to an aromatic ring is 1. The normalized spacial score (nSPS) is 10.4. The van der Waals surface area contributed by atoms with E-state index in [1.54, 1.807) is 23.6 Å². The Morgan fingerprint density at radius 3 is 2.63 bits per heavy atom. The lowest BCUT2D eigenvalue weighted by Gasteiger charge is -2.16. The minimum atomic E-state index is -0.00206. The Balaban J connectivity index is 1.97. The molecule has 6 nitrogen and oxygen atoms in total. The summed E-state index contributed by atoms with van der Waals surface area (Å²) in [6.07, 6.45) is 0. The van der Waals surface area contributed by atoms with Crippen molar-refractivity contribution in [1.29, 1.82) is 0 Å². The van der Waals surface area contributed by atoms with Gasteiger partial charge >= 0.3 is 0 Å². The monoisotopic (exact) mass is 277 g/mol. The number of nitrogens with two attached hydrogens (primary N) is 1. The summed E-state index contributed by atoms with van der Waals surface area (Å²) < 4.78 is 1.65. The van der Waals surface area contributed by atoms with Gasteiger partial charge in [0.25, 0.3) is 0 Å². The van der Waals surface area contributed by atoms with Crippen LogP contribution in [0.3, 0.4) is 0 Å². The van der Waals surface area contributed by atoms with E-state index in [1.165, 1.54) is 11.8 Å². The van der Waals surface area contributed by atoms with Crippen molar-refractivity contribution >= 4 is 29.3 Å². The minimum absolute atomic E-state index is 0.00206. The molecule has 0 aliphatic carbocycles. The van der Waals surface area contributed by atoms with Crippen molar-refractivity contribution in [2.45, 2.75) is 5.16 Å². The minimum Gasteiger partial charge on any atom is -0.368 e. The van der Waals surface area contributed by atoms with Crippen LogP contribution in [0.15, 0.2) is 35.5 Å². The molecule has 0 bridgehead atoms. The van der Waals surface area contributed by atoms with Crippen LogP contribution in [-0.2, 0) is 11.8 Å². The maximum Gasteiger partial charge on any atom is 0.237 e. The average molecular weight is 277 g/mol. The van der Waals surface area contributed by atoms with Gasteiger partial charge in [0, 0.05) is 19.8 Å². The smallest absolute Gasteiger partial charge is 0.237 e. The second kappa shape index (κ2) is 5.75. The van der Waals surface area contributed by atoms with Gasteiger partial charge in [0.05, 0.1) is 5.75 Å². The molecule has 19 heavy (non-hydrogen) atoms. The van der Waals surface area contributed by atoms with Gasteiger partial charge in [0.15, 0.2) is 5.16 Å². The first kappa shape index (κ1) is 13.4. The predicted molar refractivity (Wildman–Crippen MR) is 76.0 cm³/mol. The maximum absolute atomic E-state index is 12.1. The van der Waals surface area contributed by atoms with E-state index in [9.17, 15) is 4.79 Å². The van der Waals surface area contributed by atoms with Crippen LogP contribution in [0, 0.1) is 0 Å². The number of amides is 1. The van der Waals surface area contributed by atoms with Gasteiger partial charge in [-0.05, 0) is 12.1 Å². The highest BCUT2D eigenvalue weighted by Gasteiger charge is 2.13. The van der Waals surface area contributed by atoms with Crippen LogP contribution in [0.1, 0.15) is 0 Å². The van der Waals surface area contributed by atoms with E-state index in [2.05, 4.69) is 10.2 Å². The standard InChI is InChI=1S/C12H15N5OS/c1-16(9-6-4-3-5-7-9)10(18)8-19-12-15-14-11(13)17(12)2/h3-7H,8H2,1-2H3,(H2,13,14). The van der Waals surface area contributed by atoms with E-state index >= 15 is 0 Å². The molecule has 0 aliphatic rings. The maximum atomic E-state index is 12.1. The zero-order valence-electron chi connectivity index (χ0n) is 10.8. The molecule has 100 valence electrons. The van der Waals surface area contributed by atoms with E-state index in [4.69, 9.17) is 5.73 Å². The summed E-state index contributed by atoms with van der Waals surface area (Å²) in [6, 6.07) is 9.50. The summed E-state index contributed by atoms with van der Waals surface area (Å²) in [4.78, 5) is 13.7. The molecular weight excluding hydrogens is 262 g/mol. The Hall–Kier alpha value is -2.02. The van der Waals surface area contributed by atoms with Crippen molar-refractivity contribution in [3.05, 3.63) is 30.3 Å². The van der Waals surface area contributed by atoms with Crippen molar-refractivity contribution < 1.29 is 4.79 Å². The summed E-state index contributed by atoms with van der Waals surface area (Å²) in [5.41, 5.74) is 6.44. The van der Waals surface area contributed by atoms with Gasteiger partial charge in [0.1, 0.15) is 0 Å². The van der Waals surface area contributed by atoms with E-state index in [1.807, 2.05) is 30.3 Å². The molecule has 7 heteroatoms. The van der Waals surface area contributed by atoms with Gasteiger partial charge in [-0.2, -0.15) is 0 Å². The number of carbonyl (C=O) groups is 1. The van der Waals surface area contributed by atoms with Gasteiger partial charge in [0.2, 0.25) is 11.9 Å². The molecule has 2 aromatic rings. The van der Waals surface area contributed by atoms with Gasteiger partial charge in [-0.1, -0.05) is 30.0 Å². The number of aromatic nitrogens is 3. The molecule has 0 saturated heterocycles. The fraction of sp³-hybridized carbons (Fsp3) is 0.250. The van der Waals surface area contributed by atoms with E-state index in [0.717, 1.165) is 5.69 Å². The van der Waals surface area contributed by atoms with Crippen LogP contribution >= 0.6 is 11.8 Å². The summed E-state index contributed by atoms with van der Waals surface area (Å²) in [7, 11) is 3.52. The number of hydrogen-bond donors (Lipinski definition) is 1. The Morgan fingerprint density at radius 2 is 2.05 bits per heavy atom. The van der Waals surface area contributed by atoms with Gasteiger partial charge in [-0.25, -0.2) is 0 Å².